The standard InChI is InChI=1S/C13H13ClN4O/c14-9-3-1-2-8(6-9)7-17-13-10(15)4-5-11(18-13)12(16)19/h1-6H,7,15H2,(H2,16,19)(H,17,18). The Morgan fingerprint density at radius 3 is 2.79 bits per heavy atom. The van der Waals surface area contributed by atoms with Crippen molar-refractivity contribution in [2.24, 2.45) is 5.73 Å². The van der Waals surface area contributed by atoms with Crippen LogP contribution in [-0.2, 0) is 6.54 Å². The van der Waals surface area contributed by atoms with Crippen molar-refractivity contribution in [3.63, 3.8) is 0 Å². The van der Waals surface area contributed by atoms with Crippen LogP contribution in [0.2, 0.25) is 5.02 Å². The normalized spacial score (nSPS) is 10.2. The van der Waals surface area contributed by atoms with Crippen LogP contribution in [-0.4, -0.2) is 10.9 Å². The molecule has 2 aromatic rings. The van der Waals surface area contributed by atoms with Gasteiger partial charge in [-0.1, -0.05) is 23.7 Å². The molecule has 19 heavy (non-hydrogen) atoms. The highest BCUT2D eigenvalue weighted by molar-refractivity contribution is 6.30. The van der Waals surface area contributed by atoms with E-state index in [0.717, 1.165) is 5.56 Å². The van der Waals surface area contributed by atoms with E-state index in [1.807, 2.05) is 18.2 Å². The molecule has 1 aromatic heterocycles. The van der Waals surface area contributed by atoms with Gasteiger partial charge in [0.05, 0.1) is 5.69 Å². The minimum atomic E-state index is -0.592. The number of nitrogens with one attached hydrogen (secondary N) is 1. The number of carbonyl (C=O) groups is 1. The SMILES string of the molecule is NC(=O)c1ccc(N)c(NCc2cccc(Cl)c2)n1. The smallest absolute Gasteiger partial charge is 0.267 e. The molecular weight excluding hydrogens is 264 g/mol. The summed E-state index contributed by atoms with van der Waals surface area (Å²) in [6.07, 6.45) is 0. The number of rotatable bonds is 4. The number of benzene rings is 1. The Morgan fingerprint density at radius 1 is 1.32 bits per heavy atom. The van der Waals surface area contributed by atoms with E-state index in [4.69, 9.17) is 23.1 Å². The number of hydrogen-bond acceptors (Lipinski definition) is 4. The average Bonchev–Trinajstić information content (AvgIpc) is 2.37. The maximum Gasteiger partial charge on any atom is 0.267 e. The van der Waals surface area contributed by atoms with Crippen molar-refractivity contribution in [2.75, 3.05) is 11.1 Å². The van der Waals surface area contributed by atoms with Crippen LogP contribution in [0.15, 0.2) is 36.4 Å². The predicted molar refractivity (Wildman–Crippen MR) is 75.9 cm³/mol. The van der Waals surface area contributed by atoms with Gasteiger partial charge in [0.15, 0.2) is 0 Å². The van der Waals surface area contributed by atoms with E-state index in [-0.39, 0.29) is 5.69 Å². The second-order valence-corrected chi connectivity index (χ2v) is 4.42. The van der Waals surface area contributed by atoms with E-state index in [0.29, 0.717) is 23.1 Å². The van der Waals surface area contributed by atoms with Crippen molar-refractivity contribution in [1.82, 2.24) is 4.98 Å². The van der Waals surface area contributed by atoms with Gasteiger partial charge in [-0.3, -0.25) is 4.79 Å². The zero-order valence-electron chi connectivity index (χ0n) is 10.1. The van der Waals surface area contributed by atoms with Crippen LogP contribution in [0.4, 0.5) is 11.5 Å². The molecule has 0 unspecified atom stereocenters. The van der Waals surface area contributed by atoms with Gasteiger partial charge in [-0.25, -0.2) is 4.98 Å². The molecule has 0 aliphatic rings. The molecule has 1 amide bonds. The number of aromatic nitrogens is 1. The topological polar surface area (TPSA) is 94.0 Å². The van der Waals surface area contributed by atoms with Crippen LogP contribution >= 0.6 is 11.6 Å². The van der Waals surface area contributed by atoms with E-state index in [2.05, 4.69) is 10.3 Å². The van der Waals surface area contributed by atoms with Gasteiger partial charge in [-0.2, -0.15) is 0 Å². The molecule has 5 nitrogen and oxygen atoms in total. The lowest BCUT2D eigenvalue weighted by Crippen LogP contribution is -2.15. The van der Waals surface area contributed by atoms with Gasteiger partial charge in [-0.15, -0.1) is 0 Å². The van der Waals surface area contributed by atoms with Crippen LogP contribution in [0, 0.1) is 0 Å². The van der Waals surface area contributed by atoms with Gasteiger partial charge in [0.1, 0.15) is 11.5 Å². The van der Waals surface area contributed by atoms with E-state index in [1.165, 1.54) is 6.07 Å². The number of nitrogen functional groups attached to an aromatic ring is 1. The summed E-state index contributed by atoms with van der Waals surface area (Å²) in [4.78, 5) is 15.1. The molecule has 0 saturated carbocycles. The predicted octanol–water partition coefficient (Wildman–Crippen LogP) is 2.03. The lowest BCUT2D eigenvalue weighted by atomic mass is 10.2. The second-order valence-electron chi connectivity index (χ2n) is 3.98. The monoisotopic (exact) mass is 276 g/mol. The highest BCUT2D eigenvalue weighted by Crippen LogP contribution is 2.17. The van der Waals surface area contributed by atoms with E-state index in [9.17, 15) is 4.79 Å². The highest BCUT2D eigenvalue weighted by Gasteiger charge is 2.07. The van der Waals surface area contributed by atoms with E-state index < -0.39 is 5.91 Å². The van der Waals surface area contributed by atoms with Crippen molar-refractivity contribution in [3.05, 3.63) is 52.7 Å². The fraction of sp³-hybridized carbons (Fsp3) is 0.0769. The van der Waals surface area contributed by atoms with E-state index >= 15 is 0 Å². The second kappa shape index (κ2) is 5.58. The summed E-state index contributed by atoms with van der Waals surface area (Å²) in [6.45, 7) is 0.500. The number of nitrogens with zero attached hydrogens (tertiary/aromatic N) is 1. The number of amides is 1. The maximum absolute atomic E-state index is 11.1. The van der Waals surface area contributed by atoms with Crippen molar-refractivity contribution in [2.45, 2.75) is 6.54 Å². The number of halogens is 1. The number of pyridine rings is 1. The largest absolute Gasteiger partial charge is 0.396 e. The molecule has 0 spiro atoms. The molecule has 0 fully saturated rings. The van der Waals surface area contributed by atoms with Crippen LogP contribution in [0.5, 0.6) is 0 Å². The van der Waals surface area contributed by atoms with Gasteiger partial charge >= 0.3 is 0 Å². The highest BCUT2D eigenvalue weighted by atomic mass is 35.5. The van der Waals surface area contributed by atoms with Crippen LogP contribution in [0.25, 0.3) is 0 Å². The van der Waals surface area contributed by atoms with Crippen molar-refractivity contribution in [1.29, 1.82) is 0 Å². The molecule has 0 aliphatic heterocycles. The zero-order chi connectivity index (χ0) is 13.8. The first-order valence-corrected chi connectivity index (χ1v) is 5.98. The molecule has 0 aliphatic carbocycles. The Kier molecular flexibility index (Phi) is 3.87. The van der Waals surface area contributed by atoms with Gasteiger partial charge in [0.2, 0.25) is 0 Å². The molecular formula is C13H13ClN4O. The summed E-state index contributed by atoms with van der Waals surface area (Å²) < 4.78 is 0. The first kappa shape index (κ1) is 13.2. The van der Waals surface area contributed by atoms with Crippen LogP contribution < -0.4 is 16.8 Å². The Morgan fingerprint density at radius 2 is 2.11 bits per heavy atom. The summed E-state index contributed by atoms with van der Waals surface area (Å²) in [7, 11) is 0. The van der Waals surface area contributed by atoms with Crippen LogP contribution in [0.1, 0.15) is 16.1 Å². The molecule has 1 heterocycles. The number of primary amides is 1. The molecule has 0 atom stereocenters. The summed E-state index contributed by atoms with van der Waals surface area (Å²) in [5.41, 5.74) is 12.6. The quantitative estimate of drug-likeness (QED) is 0.796. The zero-order valence-corrected chi connectivity index (χ0v) is 10.8. The third-order valence-corrected chi connectivity index (χ3v) is 2.76. The first-order chi connectivity index (χ1) is 9.06. The Labute approximate surface area is 115 Å². The maximum atomic E-state index is 11.1. The molecule has 1 aromatic carbocycles. The molecule has 6 heteroatoms. The number of carbonyl (C=O) groups excluding carboxylic acids is 1. The third-order valence-electron chi connectivity index (χ3n) is 2.53. The third kappa shape index (κ3) is 3.35. The molecule has 0 bridgehead atoms. The minimum Gasteiger partial charge on any atom is -0.396 e. The number of hydrogen-bond donors (Lipinski definition) is 3. The van der Waals surface area contributed by atoms with E-state index in [1.54, 1.807) is 12.1 Å². The fourth-order valence-electron chi connectivity index (χ4n) is 1.58. The van der Waals surface area contributed by atoms with Gasteiger partial charge in [-0.05, 0) is 29.8 Å². The van der Waals surface area contributed by atoms with Crippen molar-refractivity contribution >= 4 is 29.0 Å². The molecule has 0 saturated heterocycles. The lowest BCUT2D eigenvalue weighted by Gasteiger charge is -2.09. The van der Waals surface area contributed by atoms with Crippen molar-refractivity contribution < 1.29 is 4.79 Å². The first-order valence-electron chi connectivity index (χ1n) is 5.61. The molecule has 5 N–H and O–H groups in total. The Hall–Kier alpha value is -2.27. The summed E-state index contributed by atoms with van der Waals surface area (Å²) in [6, 6.07) is 10.5. The molecule has 0 radical (unpaired) electrons. The Balaban J connectivity index is 2.15. The van der Waals surface area contributed by atoms with Gasteiger partial charge in [0, 0.05) is 11.6 Å². The minimum absolute atomic E-state index is 0.169. The fourth-order valence-corrected chi connectivity index (χ4v) is 1.79. The van der Waals surface area contributed by atoms with Gasteiger partial charge < -0.3 is 16.8 Å². The van der Waals surface area contributed by atoms with Gasteiger partial charge in [0.25, 0.3) is 5.91 Å². The average molecular weight is 277 g/mol. The Bertz CT molecular complexity index is 615. The summed E-state index contributed by atoms with van der Waals surface area (Å²) in [5, 5.41) is 3.71. The number of anilines is 2. The summed E-state index contributed by atoms with van der Waals surface area (Å²) in [5.74, 6) is -0.165. The lowest BCUT2D eigenvalue weighted by molar-refractivity contribution is 0.0996. The number of nitrogens with two attached hydrogens (primary N) is 2. The van der Waals surface area contributed by atoms with Crippen molar-refractivity contribution in [3.8, 4) is 0 Å². The van der Waals surface area contributed by atoms with Crippen LogP contribution in [0.3, 0.4) is 0 Å². The molecule has 2 rings (SSSR count). The summed E-state index contributed by atoms with van der Waals surface area (Å²) >= 11 is 5.90. The molecule has 98 valence electrons.